The first-order valence-electron chi connectivity index (χ1n) is 11.4. The Kier molecular flexibility index (Phi) is 5.27. The van der Waals surface area contributed by atoms with Crippen molar-refractivity contribution in [2.45, 2.75) is 57.5 Å². The summed E-state index contributed by atoms with van der Waals surface area (Å²) in [5.74, 6) is 1.40. The lowest BCUT2D eigenvalue weighted by Crippen LogP contribution is -3.19. The Balaban J connectivity index is 1.39. The van der Waals surface area contributed by atoms with Gasteiger partial charge in [-0.1, -0.05) is 17.7 Å². The lowest BCUT2D eigenvalue weighted by atomic mass is 9.68. The topological polar surface area (TPSA) is 62.9 Å². The molecule has 1 aliphatic carbocycles. The number of hydrogen-bond donors (Lipinski definition) is 2. The van der Waals surface area contributed by atoms with Crippen molar-refractivity contribution in [1.29, 1.82) is 0 Å². The smallest absolute Gasteiger partial charge is 0.271 e. The van der Waals surface area contributed by atoms with Crippen LogP contribution in [0.3, 0.4) is 0 Å². The van der Waals surface area contributed by atoms with Gasteiger partial charge in [-0.2, -0.15) is 0 Å². The predicted octanol–water partition coefficient (Wildman–Crippen LogP) is 3.08. The van der Waals surface area contributed by atoms with Gasteiger partial charge in [-0.05, 0) is 56.8 Å². The van der Waals surface area contributed by atoms with Gasteiger partial charge in [0.1, 0.15) is 0 Å². The van der Waals surface area contributed by atoms with Crippen molar-refractivity contribution < 1.29 is 9.82 Å². The molecule has 0 aromatic heterocycles. The number of quaternary nitrogens is 1. The van der Waals surface area contributed by atoms with Crippen molar-refractivity contribution in [2.75, 3.05) is 25.0 Å². The quantitative estimate of drug-likeness (QED) is 0.329. The zero-order chi connectivity index (χ0) is 20.8. The summed E-state index contributed by atoms with van der Waals surface area (Å²) in [5, 5.41) is 15.3. The van der Waals surface area contributed by atoms with Gasteiger partial charge in [-0.3, -0.25) is 10.1 Å². The number of rotatable bonds is 2. The van der Waals surface area contributed by atoms with E-state index in [0.29, 0.717) is 17.1 Å². The van der Waals surface area contributed by atoms with Crippen LogP contribution in [0.15, 0.2) is 29.8 Å². The van der Waals surface area contributed by atoms with Gasteiger partial charge in [0.15, 0.2) is 5.11 Å². The van der Waals surface area contributed by atoms with Gasteiger partial charge < -0.3 is 15.1 Å². The number of non-ortho nitro benzene ring substituents is 1. The number of hydrogen-bond acceptors (Lipinski definition) is 3. The van der Waals surface area contributed by atoms with Crippen molar-refractivity contribution in [3.63, 3.8) is 0 Å². The molecule has 5 rings (SSSR count). The SMILES string of the molecule is Cc1ccc([N+](=O)[O-])cc1NC(=S)N1CCCC2=C[C@H]3C[C@H](C[NH+]4CCCC[C@H]34)[C@H]21. The van der Waals surface area contributed by atoms with E-state index < -0.39 is 0 Å². The standard InChI is InChI=1S/C23H30N4O2S/c1-15-7-8-19(27(28)29)13-20(15)24-23(30)26-10-4-5-16-11-17-12-18(22(16)26)14-25-9-3-2-6-21(17)25/h7-8,11,13,17-18,21-22H,2-6,9-10,12,14H2,1H3,(H,24,30)/p+1/t17-,18+,21+,22-/m0/s1. The Hall–Kier alpha value is -1.99. The molecule has 3 heterocycles. The van der Waals surface area contributed by atoms with Crippen LogP contribution < -0.4 is 10.2 Å². The maximum absolute atomic E-state index is 11.2. The molecule has 3 aliphatic heterocycles. The molecule has 0 spiro atoms. The van der Waals surface area contributed by atoms with Gasteiger partial charge in [-0.15, -0.1) is 0 Å². The summed E-state index contributed by atoms with van der Waals surface area (Å²) in [6.07, 6.45) is 10.4. The predicted molar refractivity (Wildman–Crippen MR) is 122 cm³/mol. The minimum absolute atomic E-state index is 0.0951. The largest absolute Gasteiger partial charge is 0.342 e. The summed E-state index contributed by atoms with van der Waals surface area (Å²) in [5.41, 5.74) is 3.40. The van der Waals surface area contributed by atoms with E-state index in [2.05, 4.69) is 16.3 Å². The lowest BCUT2D eigenvalue weighted by molar-refractivity contribution is -0.943. The lowest BCUT2D eigenvalue weighted by Gasteiger charge is -2.53. The highest BCUT2D eigenvalue weighted by Gasteiger charge is 2.48. The summed E-state index contributed by atoms with van der Waals surface area (Å²) >= 11 is 5.87. The molecule has 4 aliphatic rings. The third-order valence-corrected chi connectivity index (χ3v) is 8.13. The zero-order valence-corrected chi connectivity index (χ0v) is 18.4. The summed E-state index contributed by atoms with van der Waals surface area (Å²) in [4.78, 5) is 15.0. The third-order valence-electron chi connectivity index (χ3n) is 7.79. The molecule has 30 heavy (non-hydrogen) atoms. The number of nitro benzene ring substituents is 1. The van der Waals surface area contributed by atoms with Crippen molar-refractivity contribution in [2.24, 2.45) is 11.8 Å². The molecule has 2 N–H and O–H groups in total. The first kappa shape index (κ1) is 19.9. The summed E-state index contributed by atoms with van der Waals surface area (Å²) in [6.45, 7) is 5.51. The Morgan fingerprint density at radius 3 is 3.03 bits per heavy atom. The molecular weight excluding hydrogens is 396 g/mol. The fourth-order valence-corrected chi connectivity index (χ4v) is 6.78. The molecule has 5 atom stereocenters. The Morgan fingerprint density at radius 1 is 1.33 bits per heavy atom. The number of benzene rings is 1. The van der Waals surface area contributed by atoms with E-state index in [4.69, 9.17) is 12.2 Å². The first-order chi connectivity index (χ1) is 14.5. The molecule has 1 aromatic rings. The van der Waals surface area contributed by atoms with Crippen LogP contribution >= 0.6 is 12.2 Å². The number of fused-ring (bicyclic) bond motifs is 6. The van der Waals surface area contributed by atoms with Gasteiger partial charge in [0, 0.05) is 42.6 Å². The fraction of sp³-hybridized carbons (Fsp3) is 0.609. The second kappa shape index (κ2) is 7.93. The molecule has 0 radical (unpaired) electrons. The minimum atomic E-state index is -0.351. The summed E-state index contributed by atoms with van der Waals surface area (Å²) in [6, 6.07) is 6.16. The monoisotopic (exact) mass is 427 g/mol. The van der Waals surface area contributed by atoms with E-state index in [0.717, 1.165) is 36.2 Å². The average Bonchev–Trinajstić information content (AvgIpc) is 2.74. The molecule has 7 heteroatoms. The molecule has 1 aromatic carbocycles. The second-order valence-electron chi connectivity index (χ2n) is 9.54. The fourth-order valence-electron chi connectivity index (χ4n) is 6.46. The van der Waals surface area contributed by atoms with E-state index in [-0.39, 0.29) is 10.6 Å². The molecule has 1 unspecified atom stereocenters. The van der Waals surface area contributed by atoms with Crippen LogP contribution in [0.1, 0.15) is 44.1 Å². The molecule has 0 saturated carbocycles. The average molecular weight is 428 g/mol. The summed E-state index contributed by atoms with van der Waals surface area (Å²) < 4.78 is 0. The van der Waals surface area contributed by atoms with Gasteiger partial charge >= 0.3 is 0 Å². The molecule has 2 bridgehead atoms. The van der Waals surface area contributed by atoms with E-state index in [1.807, 2.05) is 11.8 Å². The van der Waals surface area contributed by atoms with Crippen molar-refractivity contribution in [3.05, 3.63) is 45.5 Å². The highest BCUT2D eigenvalue weighted by Crippen LogP contribution is 2.40. The van der Waals surface area contributed by atoms with Gasteiger partial charge in [0.2, 0.25) is 0 Å². The molecular formula is C23H31N4O2S+. The van der Waals surface area contributed by atoms with E-state index in [9.17, 15) is 10.1 Å². The van der Waals surface area contributed by atoms with Crippen LogP contribution in [0.5, 0.6) is 0 Å². The second-order valence-corrected chi connectivity index (χ2v) is 9.93. The minimum Gasteiger partial charge on any atom is -0.342 e. The van der Waals surface area contributed by atoms with Gasteiger partial charge in [0.05, 0.1) is 30.1 Å². The van der Waals surface area contributed by atoms with Crippen molar-refractivity contribution in [3.8, 4) is 0 Å². The van der Waals surface area contributed by atoms with Crippen LogP contribution in [0.25, 0.3) is 0 Å². The highest BCUT2D eigenvalue weighted by atomic mass is 32.1. The Labute approximate surface area is 183 Å². The Bertz CT molecular complexity index is 901. The molecule has 3 saturated heterocycles. The van der Waals surface area contributed by atoms with E-state index >= 15 is 0 Å². The van der Waals surface area contributed by atoms with E-state index in [1.165, 1.54) is 45.2 Å². The number of aryl methyl sites for hydroxylation is 1. The zero-order valence-electron chi connectivity index (χ0n) is 17.6. The highest BCUT2D eigenvalue weighted by molar-refractivity contribution is 7.80. The first-order valence-corrected chi connectivity index (χ1v) is 11.8. The number of nitro groups is 1. The van der Waals surface area contributed by atoms with Crippen LogP contribution in [0.2, 0.25) is 0 Å². The normalized spacial score (nSPS) is 32.5. The maximum atomic E-state index is 11.2. The number of likely N-dealkylation sites (tertiary alicyclic amines) is 1. The summed E-state index contributed by atoms with van der Waals surface area (Å²) in [7, 11) is 0. The Morgan fingerprint density at radius 2 is 2.20 bits per heavy atom. The molecule has 0 amide bonds. The number of nitrogens with zero attached hydrogens (tertiary/aromatic N) is 2. The van der Waals surface area contributed by atoms with Crippen LogP contribution in [0, 0.1) is 28.9 Å². The number of nitrogens with one attached hydrogen (secondary N) is 2. The van der Waals surface area contributed by atoms with Gasteiger partial charge in [0.25, 0.3) is 5.69 Å². The van der Waals surface area contributed by atoms with Crippen molar-refractivity contribution >= 4 is 28.7 Å². The number of thiocarbonyl (C=S) groups is 1. The van der Waals surface area contributed by atoms with Crippen molar-refractivity contribution in [1.82, 2.24) is 4.90 Å². The number of anilines is 1. The van der Waals surface area contributed by atoms with Gasteiger partial charge in [-0.25, -0.2) is 0 Å². The number of piperidine rings is 3. The van der Waals surface area contributed by atoms with E-state index in [1.54, 1.807) is 23.8 Å². The third kappa shape index (κ3) is 3.52. The van der Waals surface area contributed by atoms with Crippen LogP contribution in [-0.4, -0.2) is 46.7 Å². The van der Waals surface area contributed by atoms with Crippen LogP contribution in [-0.2, 0) is 0 Å². The molecule has 6 nitrogen and oxygen atoms in total. The molecule has 3 fully saturated rings. The molecule has 160 valence electrons. The maximum Gasteiger partial charge on any atom is 0.271 e. The van der Waals surface area contributed by atoms with Crippen LogP contribution in [0.4, 0.5) is 11.4 Å².